The molecule has 8 heteroatoms. The summed E-state index contributed by atoms with van der Waals surface area (Å²) < 4.78 is 76.8. The Bertz CT molecular complexity index is 842. The summed E-state index contributed by atoms with van der Waals surface area (Å²) in [5.41, 5.74) is -1.41. The van der Waals surface area contributed by atoms with Gasteiger partial charge in [0.25, 0.3) is 0 Å². The van der Waals surface area contributed by atoms with Crippen molar-refractivity contribution < 1.29 is 31.4 Å². The molecule has 2 aromatic rings. The van der Waals surface area contributed by atoms with Crippen molar-refractivity contribution in [2.24, 2.45) is 0 Å². The fraction of sp³-hybridized carbons (Fsp3) is 0.429. The van der Waals surface area contributed by atoms with Gasteiger partial charge in [-0.2, -0.15) is 13.2 Å². The van der Waals surface area contributed by atoms with Crippen molar-refractivity contribution in [3.05, 3.63) is 59.7 Å². The van der Waals surface area contributed by atoms with Gasteiger partial charge in [0.2, 0.25) is 0 Å². The predicted octanol–water partition coefficient (Wildman–Crippen LogP) is 5.30. The number of hydrogen-bond donors (Lipinski definition) is 0. The molecule has 1 heterocycles. The smallest absolute Gasteiger partial charge is 0.416 e. The second kappa shape index (κ2) is 8.57. The normalized spacial score (nSPS) is 20.5. The van der Waals surface area contributed by atoms with Gasteiger partial charge in [0, 0.05) is 19.2 Å². The third-order valence-corrected chi connectivity index (χ3v) is 4.82. The number of ether oxygens (including phenoxy) is 2. The number of likely N-dealkylation sites (tertiary alicyclic amines) is 1. The predicted molar refractivity (Wildman–Crippen MR) is 98.0 cm³/mol. The van der Waals surface area contributed by atoms with Crippen molar-refractivity contribution in [2.75, 3.05) is 26.2 Å². The molecule has 0 aliphatic carbocycles. The Labute approximate surface area is 166 Å². The topological polar surface area (TPSA) is 21.7 Å². The molecular formula is C21H22F5NO2. The molecular weight excluding hydrogens is 393 g/mol. The van der Waals surface area contributed by atoms with Gasteiger partial charge in [0.15, 0.2) is 11.6 Å². The summed E-state index contributed by atoms with van der Waals surface area (Å²) in [5.74, 6) is -1.20. The number of nitrogens with zero attached hydrogens (tertiary/aromatic N) is 1. The Morgan fingerprint density at radius 2 is 1.90 bits per heavy atom. The van der Waals surface area contributed by atoms with Crippen LogP contribution < -0.4 is 9.47 Å². The van der Waals surface area contributed by atoms with Gasteiger partial charge in [-0.15, -0.1) is 0 Å². The molecule has 0 saturated carbocycles. The lowest BCUT2D eigenvalue weighted by Gasteiger charge is -2.40. The van der Waals surface area contributed by atoms with E-state index in [-0.39, 0.29) is 18.1 Å². The highest BCUT2D eigenvalue weighted by Gasteiger charge is 2.34. The SMILES string of the molecule is CC1(Oc2cccc(C(F)(F)F)c2)CCCN(CCOc2cc(F)ccc2F)C1. The molecule has 3 nitrogen and oxygen atoms in total. The van der Waals surface area contributed by atoms with Crippen LogP contribution in [0.3, 0.4) is 0 Å². The summed E-state index contributed by atoms with van der Waals surface area (Å²) in [6.07, 6.45) is -2.94. The molecule has 1 aliphatic heterocycles. The first kappa shape index (κ1) is 21.4. The fourth-order valence-electron chi connectivity index (χ4n) is 3.47. The number of halogens is 5. The number of rotatable bonds is 6. The summed E-state index contributed by atoms with van der Waals surface area (Å²) >= 11 is 0. The molecule has 0 N–H and O–H groups in total. The highest BCUT2D eigenvalue weighted by molar-refractivity contribution is 5.31. The minimum Gasteiger partial charge on any atom is -0.489 e. The van der Waals surface area contributed by atoms with E-state index in [9.17, 15) is 22.0 Å². The summed E-state index contributed by atoms with van der Waals surface area (Å²) in [7, 11) is 0. The lowest BCUT2D eigenvalue weighted by molar-refractivity contribution is -0.137. The lowest BCUT2D eigenvalue weighted by atomic mass is 9.94. The summed E-state index contributed by atoms with van der Waals surface area (Å²) in [6, 6.07) is 7.85. The molecule has 3 rings (SSSR count). The third kappa shape index (κ3) is 5.82. The van der Waals surface area contributed by atoms with E-state index in [0.717, 1.165) is 43.3 Å². The summed E-state index contributed by atoms with van der Waals surface area (Å²) in [5, 5.41) is 0. The van der Waals surface area contributed by atoms with Crippen LogP contribution in [0.1, 0.15) is 25.3 Å². The minimum absolute atomic E-state index is 0.148. The molecule has 1 saturated heterocycles. The van der Waals surface area contributed by atoms with Gasteiger partial charge in [-0.05, 0) is 56.6 Å². The van der Waals surface area contributed by atoms with Crippen LogP contribution in [0, 0.1) is 11.6 Å². The van der Waals surface area contributed by atoms with Gasteiger partial charge in [0.1, 0.15) is 23.8 Å². The third-order valence-electron chi connectivity index (χ3n) is 4.82. The molecule has 1 fully saturated rings. The molecule has 1 unspecified atom stereocenters. The van der Waals surface area contributed by atoms with Crippen LogP contribution in [-0.4, -0.2) is 36.7 Å². The van der Waals surface area contributed by atoms with Crippen molar-refractivity contribution in [2.45, 2.75) is 31.5 Å². The van der Waals surface area contributed by atoms with Gasteiger partial charge in [-0.3, -0.25) is 4.90 Å². The largest absolute Gasteiger partial charge is 0.489 e. The van der Waals surface area contributed by atoms with Gasteiger partial charge < -0.3 is 9.47 Å². The van der Waals surface area contributed by atoms with E-state index >= 15 is 0 Å². The van der Waals surface area contributed by atoms with E-state index in [0.29, 0.717) is 19.5 Å². The molecule has 0 amide bonds. The van der Waals surface area contributed by atoms with Crippen LogP contribution >= 0.6 is 0 Å². The summed E-state index contributed by atoms with van der Waals surface area (Å²) in [4.78, 5) is 2.04. The second-order valence-electron chi connectivity index (χ2n) is 7.38. The molecule has 1 atom stereocenters. The van der Waals surface area contributed by atoms with Gasteiger partial charge in [-0.25, -0.2) is 8.78 Å². The zero-order chi connectivity index (χ0) is 21.1. The molecule has 2 aromatic carbocycles. The fourth-order valence-corrected chi connectivity index (χ4v) is 3.47. The zero-order valence-corrected chi connectivity index (χ0v) is 15.9. The van der Waals surface area contributed by atoms with Gasteiger partial charge in [-0.1, -0.05) is 6.07 Å². The van der Waals surface area contributed by atoms with Crippen molar-refractivity contribution in [3.8, 4) is 11.5 Å². The Hall–Kier alpha value is -2.35. The van der Waals surface area contributed by atoms with Crippen LogP contribution in [0.2, 0.25) is 0 Å². The molecule has 0 bridgehead atoms. The maximum absolute atomic E-state index is 13.6. The first-order valence-electron chi connectivity index (χ1n) is 9.31. The van der Waals surface area contributed by atoms with E-state index in [2.05, 4.69) is 0 Å². The Morgan fingerprint density at radius 3 is 2.66 bits per heavy atom. The first-order chi connectivity index (χ1) is 13.6. The lowest BCUT2D eigenvalue weighted by Crippen LogP contribution is -2.50. The number of benzene rings is 2. The number of piperidine rings is 1. The average Bonchev–Trinajstić information content (AvgIpc) is 2.64. The van der Waals surface area contributed by atoms with Gasteiger partial charge in [0.05, 0.1) is 5.56 Å². The average molecular weight is 415 g/mol. The first-order valence-corrected chi connectivity index (χ1v) is 9.31. The van der Waals surface area contributed by atoms with E-state index < -0.39 is 29.0 Å². The number of alkyl halides is 3. The van der Waals surface area contributed by atoms with Crippen LogP contribution in [-0.2, 0) is 6.18 Å². The van der Waals surface area contributed by atoms with Crippen LogP contribution in [0.25, 0.3) is 0 Å². The van der Waals surface area contributed by atoms with Crippen LogP contribution in [0.4, 0.5) is 22.0 Å². The zero-order valence-electron chi connectivity index (χ0n) is 15.9. The quantitative estimate of drug-likeness (QED) is 0.598. The van der Waals surface area contributed by atoms with Crippen molar-refractivity contribution in [1.29, 1.82) is 0 Å². The van der Waals surface area contributed by atoms with Crippen molar-refractivity contribution in [1.82, 2.24) is 4.90 Å². The number of hydrogen-bond acceptors (Lipinski definition) is 3. The van der Waals surface area contributed by atoms with Gasteiger partial charge >= 0.3 is 6.18 Å². The monoisotopic (exact) mass is 415 g/mol. The second-order valence-corrected chi connectivity index (χ2v) is 7.38. The molecule has 0 aromatic heterocycles. The maximum Gasteiger partial charge on any atom is 0.416 e. The van der Waals surface area contributed by atoms with E-state index in [1.807, 2.05) is 11.8 Å². The van der Waals surface area contributed by atoms with Crippen LogP contribution in [0.5, 0.6) is 11.5 Å². The minimum atomic E-state index is -4.43. The van der Waals surface area contributed by atoms with E-state index in [4.69, 9.17) is 9.47 Å². The Kier molecular flexibility index (Phi) is 6.31. The molecule has 29 heavy (non-hydrogen) atoms. The molecule has 0 radical (unpaired) electrons. The maximum atomic E-state index is 13.6. The highest BCUT2D eigenvalue weighted by atomic mass is 19.4. The van der Waals surface area contributed by atoms with Crippen molar-refractivity contribution in [3.63, 3.8) is 0 Å². The van der Waals surface area contributed by atoms with E-state index in [1.54, 1.807) is 0 Å². The Balaban J connectivity index is 1.57. The standard InChI is InChI=1S/C21H22F5NO2/c1-20(29-17-5-2-4-15(12-17)21(24,25)26)8-3-9-27(14-20)10-11-28-19-13-16(22)6-7-18(19)23/h2,4-7,12-13H,3,8-11,14H2,1H3. The molecule has 1 aliphatic rings. The Morgan fingerprint density at radius 1 is 1.10 bits per heavy atom. The molecule has 158 valence electrons. The van der Waals surface area contributed by atoms with E-state index in [1.165, 1.54) is 12.1 Å². The van der Waals surface area contributed by atoms with Crippen LogP contribution in [0.15, 0.2) is 42.5 Å². The van der Waals surface area contributed by atoms with Crippen molar-refractivity contribution >= 4 is 0 Å². The summed E-state index contributed by atoms with van der Waals surface area (Å²) in [6.45, 7) is 3.71. The molecule has 0 spiro atoms. The highest BCUT2D eigenvalue weighted by Crippen LogP contribution is 2.33.